The maximum atomic E-state index is 15.3. The van der Waals surface area contributed by atoms with Crippen molar-refractivity contribution >= 4 is 23.1 Å². The first-order valence-electron chi connectivity index (χ1n) is 15.5. The van der Waals surface area contributed by atoms with Crippen LogP contribution in [0.2, 0.25) is 0 Å². The van der Waals surface area contributed by atoms with Crippen molar-refractivity contribution in [3.63, 3.8) is 0 Å². The minimum Gasteiger partial charge on any atom is -0.506 e. The average molecular weight is 603 g/mol. The quantitative estimate of drug-likeness (QED) is 0.0616. The van der Waals surface area contributed by atoms with E-state index in [1.165, 1.54) is 12.1 Å². The molecule has 2 fully saturated rings. The van der Waals surface area contributed by atoms with E-state index in [0.717, 1.165) is 22.8 Å². The molecule has 0 saturated heterocycles. The number of phenolic OH excluding ortho intramolecular Hbond substituents is 2. The fraction of sp³-hybridized carbons (Fsp3) is 0.500. The highest BCUT2D eigenvalue weighted by Crippen LogP contribution is 2.67. The molecule has 4 atom stereocenters. The Labute approximate surface area is 263 Å². The van der Waals surface area contributed by atoms with Crippen LogP contribution >= 0.6 is 0 Å². The molecule has 6 heteroatoms. The number of aliphatic hydroxyl groups is 1. The largest absolute Gasteiger partial charge is 0.506 e. The average Bonchev–Trinajstić information content (AvgIpc) is 2.91. The number of Topliss-reactive ketones (excluding diaryl/α,β-unsaturated/α-hetero) is 3. The molecule has 0 aromatic heterocycles. The molecule has 3 rings (SSSR count). The summed E-state index contributed by atoms with van der Waals surface area (Å²) in [6.45, 7) is 21.8. The second-order valence-corrected chi connectivity index (χ2v) is 14.2. The van der Waals surface area contributed by atoms with E-state index in [9.17, 15) is 20.1 Å². The van der Waals surface area contributed by atoms with Crippen LogP contribution in [0.15, 0.2) is 70.9 Å². The number of ketones is 3. The van der Waals surface area contributed by atoms with E-state index >= 15 is 9.59 Å². The number of hydrogen-bond donors (Lipinski definition) is 3. The van der Waals surface area contributed by atoms with Crippen molar-refractivity contribution in [3.8, 4) is 11.5 Å². The molecule has 1 aromatic rings. The van der Waals surface area contributed by atoms with Crippen molar-refractivity contribution in [1.82, 2.24) is 0 Å². The molecule has 6 nitrogen and oxygen atoms in total. The third-order valence-electron chi connectivity index (χ3n) is 10.0. The van der Waals surface area contributed by atoms with Gasteiger partial charge in [-0.3, -0.25) is 14.4 Å². The number of allylic oxidation sites excluding steroid dienone is 8. The van der Waals surface area contributed by atoms with E-state index in [1.807, 2.05) is 68.4 Å². The number of benzene rings is 1. The summed E-state index contributed by atoms with van der Waals surface area (Å²) in [5.74, 6) is -4.03. The number of fused-ring (bicyclic) bond motifs is 2. The number of aliphatic hydroxyl groups excluding tert-OH is 1. The van der Waals surface area contributed by atoms with E-state index < -0.39 is 56.6 Å². The second kappa shape index (κ2) is 12.7. The zero-order valence-corrected chi connectivity index (χ0v) is 27.9. The number of carbonyl (C=O) groups is 3. The zero-order valence-electron chi connectivity index (χ0n) is 27.9. The van der Waals surface area contributed by atoms with Gasteiger partial charge in [0, 0.05) is 5.56 Å². The molecule has 2 saturated carbocycles. The molecule has 1 aromatic carbocycles. The summed E-state index contributed by atoms with van der Waals surface area (Å²) >= 11 is 0. The highest BCUT2D eigenvalue weighted by atomic mass is 16.3. The predicted octanol–water partition coefficient (Wildman–Crippen LogP) is 8.76. The van der Waals surface area contributed by atoms with Crippen molar-refractivity contribution in [2.75, 3.05) is 0 Å². The number of hydrogen-bond acceptors (Lipinski definition) is 6. The highest BCUT2D eigenvalue weighted by molar-refractivity contribution is 6.42. The minimum atomic E-state index is -1.64. The molecular formula is C38H50O6. The summed E-state index contributed by atoms with van der Waals surface area (Å²) in [7, 11) is 0. The van der Waals surface area contributed by atoms with Gasteiger partial charge in [-0.2, -0.15) is 0 Å². The third kappa shape index (κ3) is 5.76. The zero-order chi connectivity index (χ0) is 33.4. The lowest BCUT2D eigenvalue weighted by molar-refractivity contribution is -0.179. The monoisotopic (exact) mass is 602 g/mol. The number of rotatable bonds is 10. The second-order valence-electron chi connectivity index (χ2n) is 14.2. The van der Waals surface area contributed by atoms with Crippen molar-refractivity contribution < 1.29 is 29.7 Å². The van der Waals surface area contributed by atoms with Gasteiger partial charge in [0.25, 0.3) is 0 Å². The van der Waals surface area contributed by atoms with Gasteiger partial charge in [0.1, 0.15) is 22.2 Å². The topological polar surface area (TPSA) is 112 Å². The highest BCUT2D eigenvalue weighted by Gasteiger charge is 2.75. The summed E-state index contributed by atoms with van der Waals surface area (Å²) in [5, 5.41) is 31.8. The Bertz CT molecular complexity index is 1490. The van der Waals surface area contributed by atoms with Gasteiger partial charge in [0.05, 0.1) is 0 Å². The van der Waals surface area contributed by atoms with Crippen LogP contribution in [0.5, 0.6) is 11.5 Å². The molecule has 2 aliphatic rings. The van der Waals surface area contributed by atoms with Crippen LogP contribution in [0.25, 0.3) is 5.76 Å². The van der Waals surface area contributed by atoms with Crippen LogP contribution in [0.3, 0.4) is 0 Å². The van der Waals surface area contributed by atoms with E-state index in [1.54, 1.807) is 0 Å². The van der Waals surface area contributed by atoms with Crippen LogP contribution in [-0.4, -0.2) is 32.7 Å². The standard InChI is InChI=1S/C38H50O6/c1-22(2)12-11-13-28(25(7)8)37-21-27(16-14-23(3)4)36(9,10)38(35(37)44,19-18-24(5)6)34(43)31(33(37)42)32(41)26-15-17-29(39)30(40)20-26/h12,14-15,17-18,20,27-28,39-41H,7,11,13,16,19,21H2,1-6,8-10H3/b32-31+/t27-,28?,37?,38?/m1/s1. The van der Waals surface area contributed by atoms with Crippen molar-refractivity contribution in [2.45, 2.75) is 94.4 Å². The van der Waals surface area contributed by atoms with Gasteiger partial charge < -0.3 is 15.3 Å². The number of phenols is 2. The maximum Gasteiger partial charge on any atom is 0.184 e. The van der Waals surface area contributed by atoms with Crippen LogP contribution in [0.1, 0.15) is 100.0 Å². The first kappa shape index (κ1) is 34.8. The third-order valence-corrected chi connectivity index (χ3v) is 10.0. The van der Waals surface area contributed by atoms with E-state index in [4.69, 9.17) is 0 Å². The van der Waals surface area contributed by atoms with Crippen molar-refractivity contribution in [3.05, 3.63) is 76.4 Å². The summed E-state index contributed by atoms with van der Waals surface area (Å²) in [5.41, 5.74) is -0.709. The van der Waals surface area contributed by atoms with Gasteiger partial charge >= 0.3 is 0 Å². The molecular weight excluding hydrogens is 552 g/mol. The summed E-state index contributed by atoms with van der Waals surface area (Å²) < 4.78 is 0. The van der Waals surface area contributed by atoms with Gasteiger partial charge in [-0.15, -0.1) is 0 Å². The fourth-order valence-corrected chi connectivity index (χ4v) is 7.39. The van der Waals surface area contributed by atoms with Crippen molar-refractivity contribution in [1.29, 1.82) is 0 Å². The van der Waals surface area contributed by atoms with E-state index in [0.29, 0.717) is 24.8 Å². The van der Waals surface area contributed by atoms with Crippen LogP contribution in [0.4, 0.5) is 0 Å². The molecule has 0 spiro atoms. The molecule has 2 aliphatic carbocycles. The van der Waals surface area contributed by atoms with Gasteiger partial charge in [0.15, 0.2) is 28.8 Å². The Morgan fingerprint density at radius 1 is 0.909 bits per heavy atom. The lowest BCUT2D eigenvalue weighted by Crippen LogP contribution is -2.71. The molecule has 0 aliphatic heterocycles. The molecule has 238 valence electrons. The summed E-state index contributed by atoms with van der Waals surface area (Å²) in [6, 6.07) is 3.65. The predicted molar refractivity (Wildman–Crippen MR) is 176 cm³/mol. The summed E-state index contributed by atoms with van der Waals surface area (Å²) in [6.07, 6.45) is 8.08. The maximum absolute atomic E-state index is 15.3. The Morgan fingerprint density at radius 3 is 2.02 bits per heavy atom. The first-order valence-corrected chi connectivity index (χ1v) is 15.5. The molecule has 0 amide bonds. The SMILES string of the molecule is C=C(C)C(CCC=C(C)C)C12C[C@@H](CC=C(C)C)C(C)(C)C(CC=C(C)C)(C(=O)/C(=C(/O)c3ccc(O)c(O)c3)C1=O)C2=O. The summed E-state index contributed by atoms with van der Waals surface area (Å²) in [4.78, 5) is 45.3. The smallest absolute Gasteiger partial charge is 0.184 e. The van der Waals surface area contributed by atoms with Crippen molar-refractivity contribution in [2.24, 2.45) is 28.1 Å². The molecule has 0 radical (unpaired) electrons. The molecule has 2 bridgehead atoms. The Kier molecular flexibility index (Phi) is 10.1. The fourth-order valence-electron chi connectivity index (χ4n) is 7.39. The number of aromatic hydroxyl groups is 2. The van der Waals surface area contributed by atoms with Crippen LogP contribution in [-0.2, 0) is 14.4 Å². The van der Waals surface area contributed by atoms with E-state index in [2.05, 4.69) is 18.7 Å². The van der Waals surface area contributed by atoms with Gasteiger partial charge in [-0.1, -0.05) is 60.9 Å². The molecule has 44 heavy (non-hydrogen) atoms. The number of carbonyl (C=O) groups excluding carboxylic acids is 3. The van der Waals surface area contributed by atoms with E-state index in [-0.39, 0.29) is 30.1 Å². The Morgan fingerprint density at radius 2 is 1.50 bits per heavy atom. The van der Waals surface area contributed by atoms with Gasteiger partial charge in [0.2, 0.25) is 0 Å². The minimum absolute atomic E-state index is 0.00671. The van der Waals surface area contributed by atoms with Crippen LogP contribution < -0.4 is 0 Å². The molecule has 3 unspecified atom stereocenters. The van der Waals surface area contributed by atoms with Gasteiger partial charge in [-0.05, 0) is 116 Å². The lowest BCUT2D eigenvalue weighted by Gasteiger charge is -2.62. The Hall–Kier alpha value is -3.67. The molecule has 3 N–H and O–H groups in total. The van der Waals surface area contributed by atoms with Gasteiger partial charge in [-0.25, -0.2) is 0 Å². The van der Waals surface area contributed by atoms with Crippen LogP contribution in [0, 0.1) is 28.1 Å². The molecule has 0 heterocycles. The first-order chi connectivity index (χ1) is 20.4. The Balaban J connectivity index is 2.52. The lowest BCUT2D eigenvalue weighted by atomic mass is 9.37. The normalized spacial score (nSPS) is 26.0.